The van der Waals surface area contributed by atoms with Crippen LogP contribution in [0.5, 0.6) is 5.88 Å². The fourth-order valence-electron chi connectivity index (χ4n) is 3.88. The van der Waals surface area contributed by atoms with Crippen molar-refractivity contribution in [1.29, 1.82) is 0 Å². The first-order valence-corrected chi connectivity index (χ1v) is 9.30. The Morgan fingerprint density at radius 3 is 2.25 bits per heavy atom. The van der Waals surface area contributed by atoms with Crippen molar-refractivity contribution >= 4 is 22.8 Å². The van der Waals surface area contributed by atoms with Gasteiger partial charge in [0, 0.05) is 35.7 Å². The molecule has 0 amide bonds. The zero-order valence-corrected chi connectivity index (χ0v) is 15.7. The van der Waals surface area contributed by atoms with Gasteiger partial charge in [0.05, 0.1) is 5.52 Å². The van der Waals surface area contributed by atoms with E-state index in [0.717, 1.165) is 24.2 Å². The number of carboxylic acid groups (broad SMARTS) is 2. The largest absolute Gasteiger partial charge is 0.478 e. The number of fused-ring (bicyclic) bond motifs is 3. The molecule has 0 spiro atoms. The number of piperidine rings is 1. The summed E-state index contributed by atoms with van der Waals surface area (Å²) in [6, 6.07) is 13.7. The fourth-order valence-corrected chi connectivity index (χ4v) is 3.88. The van der Waals surface area contributed by atoms with E-state index in [1.165, 1.54) is 18.2 Å². The van der Waals surface area contributed by atoms with E-state index < -0.39 is 11.9 Å². The quantitative estimate of drug-likeness (QED) is 0.782. The lowest BCUT2D eigenvalue weighted by molar-refractivity contribution is -0.134. The molecule has 2 N–H and O–H groups in total. The second-order valence-electron chi connectivity index (χ2n) is 7.11. The maximum Gasteiger partial charge on any atom is 0.328 e. The summed E-state index contributed by atoms with van der Waals surface area (Å²) in [6.45, 7) is 0. The number of para-hydroxylation sites is 1. The van der Waals surface area contributed by atoms with Gasteiger partial charge >= 0.3 is 11.9 Å². The van der Waals surface area contributed by atoms with Gasteiger partial charge in [0.25, 0.3) is 0 Å². The van der Waals surface area contributed by atoms with Crippen molar-refractivity contribution in [2.24, 2.45) is 0 Å². The topological polar surface area (TPSA) is 100.0 Å². The summed E-state index contributed by atoms with van der Waals surface area (Å²) in [5.74, 6) is -1.74. The second kappa shape index (κ2) is 8.84. The van der Waals surface area contributed by atoms with Crippen LogP contribution >= 0.6 is 0 Å². The van der Waals surface area contributed by atoms with Crippen LogP contribution in [0.2, 0.25) is 0 Å². The molecule has 2 saturated heterocycles. The Bertz CT molecular complexity index is 852. The Kier molecular flexibility index (Phi) is 6.26. The van der Waals surface area contributed by atoms with E-state index in [-0.39, 0.29) is 0 Å². The van der Waals surface area contributed by atoms with E-state index >= 15 is 0 Å². The highest BCUT2D eigenvalue weighted by molar-refractivity contribution is 5.89. The number of aromatic nitrogens is 1. The van der Waals surface area contributed by atoms with Crippen LogP contribution in [0.4, 0.5) is 0 Å². The van der Waals surface area contributed by atoms with Crippen LogP contribution in [-0.2, 0) is 9.59 Å². The van der Waals surface area contributed by atoms with E-state index in [2.05, 4.69) is 29.1 Å². The number of carbonyl (C=O) groups is 2. The number of benzene rings is 1. The summed E-state index contributed by atoms with van der Waals surface area (Å²) < 4.78 is 6.15. The van der Waals surface area contributed by atoms with E-state index in [0.29, 0.717) is 30.3 Å². The van der Waals surface area contributed by atoms with Gasteiger partial charge in [-0.3, -0.25) is 0 Å². The van der Waals surface area contributed by atoms with Crippen molar-refractivity contribution in [3.05, 3.63) is 48.6 Å². The molecule has 0 aliphatic carbocycles. The number of pyridine rings is 1. The molecule has 0 saturated carbocycles. The third kappa shape index (κ3) is 5.07. The van der Waals surface area contributed by atoms with Crippen molar-refractivity contribution < 1.29 is 24.5 Å². The van der Waals surface area contributed by atoms with Crippen LogP contribution in [0.15, 0.2) is 48.6 Å². The molecule has 7 heteroatoms. The van der Waals surface area contributed by atoms with Crippen molar-refractivity contribution in [2.45, 2.75) is 43.9 Å². The van der Waals surface area contributed by atoms with Gasteiger partial charge < -0.3 is 19.8 Å². The number of hydrogen-bond donors (Lipinski definition) is 2. The lowest BCUT2D eigenvalue weighted by Crippen LogP contribution is -2.43. The Hall–Kier alpha value is -2.93. The zero-order chi connectivity index (χ0) is 20.1. The van der Waals surface area contributed by atoms with E-state index in [1.54, 1.807) is 0 Å². The SMILES string of the molecule is CN1C2CCC1CC(Oc1ccc3ccccc3n1)C2.O=C(O)/C=C/C(=O)O. The lowest BCUT2D eigenvalue weighted by Gasteiger charge is -2.36. The molecule has 4 rings (SSSR count). The predicted octanol–water partition coefficient (Wildman–Crippen LogP) is 2.95. The van der Waals surface area contributed by atoms with Crippen molar-refractivity contribution in [2.75, 3.05) is 7.05 Å². The molecule has 0 radical (unpaired) electrons. The number of nitrogens with zero attached hydrogens (tertiary/aromatic N) is 2. The molecule has 2 fully saturated rings. The van der Waals surface area contributed by atoms with Gasteiger partial charge in [0.15, 0.2) is 0 Å². The predicted molar refractivity (Wildman–Crippen MR) is 104 cm³/mol. The fraction of sp³-hybridized carbons (Fsp3) is 0.381. The van der Waals surface area contributed by atoms with Gasteiger partial charge in [-0.2, -0.15) is 0 Å². The molecular weight excluding hydrogens is 360 g/mol. The minimum absolute atomic E-state index is 0.331. The number of hydrogen-bond acceptors (Lipinski definition) is 5. The summed E-state index contributed by atoms with van der Waals surface area (Å²) in [7, 11) is 2.26. The number of aliphatic carboxylic acids is 2. The standard InChI is InChI=1S/C17H20N2O.C4H4O4/c1-19-13-7-8-14(19)11-15(10-13)20-17-9-6-12-4-2-3-5-16(12)18-17;5-3(6)1-2-4(7)8/h2-6,9,13-15H,7-8,10-11H2,1H3;1-2H,(H,5,6)(H,7,8)/b;2-1+. The van der Waals surface area contributed by atoms with Crippen LogP contribution in [0.1, 0.15) is 25.7 Å². The van der Waals surface area contributed by atoms with Crippen LogP contribution in [0.3, 0.4) is 0 Å². The third-order valence-electron chi connectivity index (χ3n) is 5.28. The van der Waals surface area contributed by atoms with Crippen molar-refractivity contribution in [3.63, 3.8) is 0 Å². The first kappa shape index (κ1) is 19.8. The number of ether oxygens (including phenoxy) is 1. The second-order valence-corrected chi connectivity index (χ2v) is 7.11. The van der Waals surface area contributed by atoms with Crippen molar-refractivity contribution in [3.8, 4) is 5.88 Å². The summed E-state index contributed by atoms with van der Waals surface area (Å²) >= 11 is 0. The molecule has 28 heavy (non-hydrogen) atoms. The molecule has 2 atom stereocenters. The van der Waals surface area contributed by atoms with Gasteiger partial charge in [0.1, 0.15) is 6.10 Å². The Balaban J connectivity index is 0.000000242. The van der Waals surface area contributed by atoms with E-state index in [1.807, 2.05) is 24.3 Å². The summed E-state index contributed by atoms with van der Waals surface area (Å²) in [5.41, 5.74) is 1.01. The average molecular weight is 384 g/mol. The first-order valence-electron chi connectivity index (χ1n) is 9.30. The highest BCUT2D eigenvalue weighted by Crippen LogP contribution is 2.35. The summed E-state index contributed by atoms with van der Waals surface area (Å²) in [5, 5.41) is 16.8. The summed E-state index contributed by atoms with van der Waals surface area (Å²) in [4.78, 5) is 26.3. The molecule has 1 aromatic heterocycles. The molecule has 2 aromatic rings. The van der Waals surface area contributed by atoms with Crippen LogP contribution in [-0.4, -0.2) is 57.3 Å². The van der Waals surface area contributed by atoms with Gasteiger partial charge in [-0.15, -0.1) is 0 Å². The molecule has 2 unspecified atom stereocenters. The normalized spacial score (nSPS) is 24.0. The molecule has 148 valence electrons. The molecular formula is C21H24N2O5. The maximum absolute atomic E-state index is 9.55. The van der Waals surface area contributed by atoms with Gasteiger partial charge in [-0.05, 0) is 44.9 Å². The highest BCUT2D eigenvalue weighted by Gasteiger charge is 2.39. The highest BCUT2D eigenvalue weighted by atomic mass is 16.5. The third-order valence-corrected chi connectivity index (χ3v) is 5.28. The molecule has 7 nitrogen and oxygen atoms in total. The Morgan fingerprint density at radius 2 is 1.64 bits per heavy atom. The minimum atomic E-state index is -1.26. The molecule has 2 aliphatic heterocycles. The van der Waals surface area contributed by atoms with Crippen LogP contribution < -0.4 is 4.74 Å². The molecule has 1 aromatic carbocycles. The van der Waals surface area contributed by atoms with Gasteiger partial charge in [-0.25, -0.2) is 14.6 Å². The lowest BCUT2D eigenvalue weighted by atomic mass is 10.0. The molecule has 2 bridgehead atoms. The Labute approximate surface area is 163 Å². The van der Waals surface area contributed by atoms with Crippen LogP contribution in [0, 0.1) is 0 Å². The van der Waals surface area contributed by atoms with E-state index in [9.17, 15) is 9.59 Å². The molecule has 3 heterocycles. The van der Waals surface area contributed by atoms with Crippen molar-refractivity contribution in [1.82, 2.24) is 9.88 Å². The molecule has 2 aliphatic rings. The maximum atomic E-state index is 9.55. The monoisotopic (exact) mass is 384 g/mol. The van der Waals surface area contributed by atoms with Gasteiger partial charge in [0.2, 0.25) is 5.88 Å². The van der Waals surface area contributed by atoms with Crippen LogP contribution in [0.25, 0.3) is 10.9 Å². The zero-order valence-electron chi connectivity index (χ0n) is 15.7. The number of rotatable bonds is 4. The first-order chi connectivity index (χ1) is 13.4. The average Bonchev–Trinajstić information content (AvgIpc) is 2.88. The van der Waals surface area contributed by atoms with Gasteiger partial charge in [-0.1, -0.05) is 18.2 Å². The van der Waals surface area contributed by atoms with E-state index in [4.69, 9.17) is 14.9 Å². The summed E-state index contributed by atoms with van der Waals surface area (Å²) in [6.07, 6.45) is 6.38. The Morgan fingerprint density at radius 1 is 1.04 bits per heavy atom. The smallest absolute Gasteiger partial charge is 0.328 e. The number of carboxylic acids is 2. The minimum Gasteiger partial charge on any atom is -0.478 e.